The van der Waals surface area contributed by atoms with Crippen LogP contribution in [0.3, 0.4) is 0 Å². The number of methoxy groups -OCH3 is 1. The highest BCUT2D eigenvalue weighted by atomic mass is 16.5. The van der Waals surface area contributed by atoms with E-state index in [4.69, 9.17) is 26.6 Å². The van der Waals surface area contributed by atoms with Gasteiger partial charge in [-0.1, -0.05) is 66.7 Å². The van der Waals surface area contributed by atoms with Gasteiger partial charge in [0, 0.05) is 50.3 Å². The van der Waals surface area contributed by atoms with Crippen molar-refractivity contribution in [3.05, 3.63) is 136 Å². The summed E-state index contributed by atoms with van der Waals surface area (Å²) in [6, 6.07) is 29.8. The fraction of sp³-hybridized carbons (Fsp3) is 0.256. The first-order chi connectivity index (χ1) is 24.2. The van der Waals surface area contributed by atoms with Gasteiger partial charge in [-0.05, 0) is 59.9 Å². The van der Waals surface area contributed by atoms with Crippen molar-refractivity contribution in [3.63, 3.8) is 0 Å². The van der Waals surface area contributed by atoms with E-state index >= 15 is 0 Å². The first-order valence-electron chi connectivity index (χ1n) is 16.7. The number of amides is 2. The Bertz CT molecular complexity index is 1940. The number of imidazole rings is 1. The quantitative estimate of drug-likeness (QED) is 0.0526. The molecule has 0 atom stereocenters. The van der Waals surface area contributed by atoms with Crippen LogP contribution in [-0.4, -0.2) is 64.8 Å². The topological polar surface area (TPSA) is 169 Å². The summed E-state index contributed by atoms with van der Waals surface area (Å²) in [6.07, 6.45) is 2.41. The summed E-state index contributed by atoms with van der Waals surface area (Å²) in [5.74, 6) is 0.293. The van der Waals surface area contributed by atoms with Crippen molar-refractivity contribution in [3.8, 4) is 0 Å². The first kappa shape index (κ1) is 35.5. The number of fused-ring (bicyclic) bond motifs is 1. The smallest absolute Gasteiger partial charge is 0.337 e. The van der Waals surface area contributed by atoms with Gasteiger partial charge in [0.05, 0.1) is 30.1 Å². The molecule has 0 saturated heterocycles. The van der Waals surface area contributed by atoms with Crippen LogP contribution >= 0.6 is 0 Å². The van der Waals surface area contributed by atoms with Crippen molar-refractivity contribution in [2.75, 3.05) is 26.7 Å². The zero-order valence-electron chi connectivity index (χ0n) is 28.2. The van der Waals surface area contributed by atoms with E-state index in [0.29, 0.717) is 74.2 Å². The van der Waals surface area contributed by atoms with Crippen LogP contribution in [0.5, 0.6) is 0 Å². The normalized spacial score (nSPS) is 10.9. The van der Waals surface area contributed by atoms with Gasteiger partial charge in [0.15, 0.2) is 0 Å². The Balaban J connectivity index is 1.33. The largest absolute Gasteiger partial charge is 0.465 e. The van der Waals surface area contributed by atoms with Crippen LogP contribution < -0.4 is 16.8 Å². The number of aryl methyl sites for hydroxylation is 3. The summed E-state index contributed by atoms with van der Waals surface area (Å²) in [4.78, 5) is 44.9. The Morgan fingerprint density at radius 3 is 2.22 bits per heavy atom. The van der Waals surface area contributed by atoms with Gasteiger partial charge in [-0.3, -0.25) is 15.0 Å². The second-order valence-electron chi connectivity index (χ2n) is 12.1. The molecule has 0 aliphatic rings. The number of aromatic nitrogens is 2. The summed E-state index contributed by atoms with van der Waals surface area (Å²) >= 11 is 0. The zero-order chi connectivity index (χ0) is 35.5. The summed E-state index contributed by atoms with van der Waals surface area (Å²) in [6.45, 7) is 2.13. The average molecular weight is 674 g/mol. The molecule has 0 bridgehead atoms. The molecule has 2 amide bonds. The third-order valence-corrected chi connectivity index (χ3v) is 8.50. The van der Waals surface area contributed by atoms with Crippen LogP contribution in [0.15, 0.2) is 97.1 Å². The lowest BCUT2D eigenvalue weighted by Crippen LogP contribution is -2.34. The third-order valence-electron chi connectivity index (χ3n) is 8.50. The lowest BCUT2D eigenvalue weighted by molar-refractivity contribution is -0.120. The zero-order valence-corrected chi connectivity index (χ0v) is 28.2. The minimum absolute atomic E-state index is 0.0227. The number of nitrogens with zero attached hydrogens (tertiary/aromatic N) is 3. The van der Waals surface area contributed by atoms with E-state index in [9.17, 15) is 14.4 Å². The minimum Gasteiger partial charge on any atom is -0.465 e. The predicted molar refractivity (Wildman–Crippen MR) is 194 cm³/mol. The summed E-state index contributed by atoms with van der Waals surface area (Å²) in [5, 5.41) is 10.7. The number of benzene rings is 4. The average Bonchev–Trinajstić information content (AvgIpc) is 3.48. The van der Waals surface area contributed by atoms with E-state index < -0.39 is 5.97 Å². The van der Waals surface area contributed by atoms with E-state index in [0.717, 1.165) is 34.5 Å². The van der Waals surface area contributed by atoms with Crippen molar-refractivity contribution >= 4 is 34.7 Å². The molecule has 0 fully saturated rings. The SMILES string of the molecule is COC(=O)c1ccc(CN(CCN)C(=O)c2ccc3c(c2)nc(CCc2ccc(C(=N)N)cc2)n3CCCNC(=O)Cc2ccccc2)cc1. The van der Waals surface area contributed by atoms with Gasteiger partial charge in [0.25, 0.3) is 5.91 Å². The Labute approximate surface area is 291 Å². The van der Waals surface area contributed by atoms with Gasteiger partial charge in [0.1, 0.15) is 11.7 Å². The number of nitrogen functional groups attached to an aromatic ring is 1. The molecule has 5 rings (SSSR count). The van der Waals surface area contributed by atoms with Crippen molar-refractivity contribution < 1.29 is 19.1 Å². The maximum absolute atomic E-state index is 13.8. The number of hydrogen-bond donors (Lipinski definition) is 4. The lowest BCUT2D eigenvalue weighted by atomic mass is 10.1. The number of ether oxygens (including phenoxy) is 1. The molecule has 0 saturated carbocycles. The molecule has 0 aliphatic carbocycles. The molecule has 4 aromatic carbocycles. The monoisotopic (exact) mass is 673 g/mol. The fourth-order valence-corrected chi connectivity index (χ4v) is 5.84. The molecular formula is C39H43N7O4. The Kier molecular flexibility index (Phi) is 12.1. The first-order valence-corrected chi connectivity index (χ1v) is 16.7. The van der Waals surface area contributed by atoms with Crippen molar-refractivity contribution in [1.82, 2.24) is 19.8 Å². The highest BCUT2D eigenvalue weighted by Crippen LogP contribution is 2.22. The second-order valence-corrected chi connectivity index (χ2v) is 12.1. The highest BCUT2D eigenvalue weighted by Gasteiger charge is 2.19. The van der Waals surface area contributed by atoms with Gasteiger partial charge >= 0.3 is 5.97 Å². The van der Waals surface area contributed by atoms with Gasteiger partial charge in [0.2, 0.25) is 5.91 Å². The molecule has 258 valence electrons. The maximum atomic E-state index is 13.8. The Morgan fingerprint density at radius 1 is 0.860 bits per heavy atom. The maximum Gasteiger partial charge on any atom is 0.337 e. The van der Waals surface area contributed by atoms with E-state index in [1.54, 1.807) is 29.2 Å². The van der Waals surface area contributed by atoms with Crippen molar-refractivity contribution in [2.45, 2.75) is 38.8 Å². The van der Waals surface area contributed by atoms with Crippen LogP contribution in [0.25, 0.3) is 11.0 Å². The summed E-state index contributed by atoms with van der Waals surface area (Å²) in [5.41, 5.74) is 17.7. The van der Waals surface area contributed by atoms with Crippen LogP contribution in [0.4, 0.5) is 0 Å². The number of nitrogens with one attached hydrogen (secondary N) is 2. The molecule has 50 heavy (non-hydrogen) atoms. The van der Waals surface area contributed by atoms with Gasteiger partial charge in [-0.15, -0.1) is 0 Å². The number of rotatable bonds is 16. The molecule has 0 aliphatic heterocycles. The Morgan fingerprint density at radius 2 is 1.54 bits per heavy atom. The van der Waals surface area contributed by atoms with E-state index in [1.165, 1.54) is 7.11 Å². The standard InChI is InChI=1S/C39H43N7O4/c1-50-39(49)31-15-10-29(11-16-31)26-45(23-20-40)38(48)32-17-18-34-33(25-32)44-35(19-12-27-8-13-30(14-9-27)37(41)42)46(34)22-5-21-43-36(47)24-28-6-3-2-4-7-28/h2-4,6-11,13-18,25H,5,12,19-24,26,40H2,1H3,(H3,41,42)(H,43,47). The fourth-order valence-electron chi connectivity index (χ4n) is 5.84. The number of esters is 1. The van der Waals surface area contributed by atoms with Crippen LogP contribution in [0, 0.1) is 5.41 Å². The Hall–Kier alpha value is -5.81. The summed E-state index contributed by atoms with van der Waals surface area (Å²) < 4.78 is 6.95. The molecule has 0 unspecified atom stereocenters. The molecule has 1 aromatic heterocycles. The molecule has 0 radical (unpaired) electrons. The lowest BCUT2D eigenvalue weighted by Gasteiger charge is -2.22. The molecule has 5 aromatic rings. The van der Waals surface area contributed by atoms with Gasteiger partial charge in [-0.25, -0.2) is 9.78 Å². The third kappa shape index (κ3) is 9.20. The predicted octanol–water partition coefficient (Wildman–Crippen LogP) is 4.24. The minimum atomic E-state index is -0.419. The van der Waals surface area contributed by atoms with E-state index in [1.807, 2.05) is 72.8 Å². The van der Waals surface area contributed by atoms with E-state index in [2.05, 4.69) is 9.88 Å². The molecule has 6 N–H and O–H groups in total. The van der Waals surface area contributed by atoms with Crippen LogP contribution in [0.1, 0.15) is 55.2 Å². The van der Waals surface area contributed by atoms with E-state index in [-0.39, 0.29) is 17.6 Å². The van der Waals surface area contributed by atoms with Crippen LogP contribution in [-0.2, 0) is 41.9 Å². The van der Waals surface area contributed by atoms with Gasteiger partial charge in [-0.2, -0.15) is 0 Å². The van der Waals surface area contributed by atoms with Crippen molar-refractivity contribution in [1.29, 1.82) is 5.41 Å². The number of amidine groups is 1. The molecule has 11 heteroatoms. The molecular weight excluding hydrogens is 630 g/mol. The van der Waals surface area contributed by atoms with Crippen molar-refractivity contribution in [2.24, 2.45) is 11.5 Å². The molecule has 1 heterocycles. The second kappa shape index (κ2) is 17.0. The van der Waals surface area contributed by atoms with Gasteiger partial charge < -0.3 is 31.0 Å². The number of carbonyl (C=O) groups is 3. The summed E-state index contributed by atoms with van der Waals surface area (Å²) in [7, 11) is 1.34. The number of nitrogens with two attached hydrogens (primary N) is 2. The number of hydrogen-bond acceptors (Lipinski definition) is 7. The molecule has 11 nitrogen and oxygen atoms in total. The van der Waals surface area contributed by atoms with Crippen LogP contribution in [0.2, 0.25) is 0 Å². The molecule has 0 spiro atoms. The number of carbonyl (C=O) groups excluding carboxylic acids is 3. The highest BCUT2D eigenvalue weighted by molar-refractivity contribution is 5.97.